The van der Waals surface area contributed by atoms with Crippen molar-refractivity contribution < 1.29 is 33.7 Å². The Balaban J connectivity index is 1.32. The number of pyridine rings is 2. The summed E-state index contributed by atoms with van der Waals surface area (Å²) in [5, 5.41) is 25.6. The van der Waals surface area contributed by atoms with E-state index < -0.39 is 22.4 Å². The number of rotatable bonds is 11. The molecule has 0 radical (unpaired) electrons. The van der Waals surface area contributed by atoms with E-state index in [2.05, 4.69) is 10.3 Å². The summed E-state index contributed by atoms with van der Waals surface area (Å²) in [4.78, 5) is 36.2. The molecule has 10 heteroatoms. The van der Waals surface area contributed by atoms with Crippen molar-refractivity contribution in [3.05, 3.63) is 83.4 Å². The zero-order valence-corrected chi connectivity index (χ0v) is 26.4. The summed E-state index contributed by atoms with van der Waals surface area (Å²) in [5.41, 5.74) is -1.09. The highest BCUT2D eigenvalue weighted by Gasteiger charge is 2.46. The summed E-state index contributed by atoms with van der Waals surface area (Å²) >= 11 is 0. The number of ketones is 1. The van der Waals surface area contributed by atoms with Gasteiger partial charge in [0.25, 0.3) is 0 Å². The largest absolute Gasteiger partial charge is 0.489 e. The number of aliphatic hydroxyl groups is 2. The molecule has 1 aliphatic heterocycles. The Hall–Kier alpha value is -4.41. The van der Waals surface area contributed by atoms with Crippen LogP contribution < -0.4 is 14.8 Å². The number of benzene rings is 2. The molecule has 2 aliphatic rings. The molecule has 3 heterocycles. The van der Waals surface area contributed by atoms with Crippen LogP contribution in [-0.4, -0.2) is 56.7 Å². The van der Waals surface area contributed by atoms with E-state index in [4.69, 9.17) is 14.5 Å². The molecular weight excluding hydrogens is 589 g/mol. The van der Waals surface area contributed by atoms with Crippen molar-refractivity contribution >= 4 is 22.6 Å². The number of halogens is 1. The van der Waals surface area contributed by atoms with Gasteiger partial charge in [-0.25, -0.2) is 9.37 Å². The zero-order valence-electron chi connectivity index (χ0n) is 26.4. The van der Waals surface area contributed by atoms with Crippen LogP contribution in [0.4, 0.5) is 4.39 Å². The normalized spacial score (nSPS) is 18.8. The fourth-order valence-electron chi connectivity index (χ4n) is 5.55. The van der Waals surface area contributed by atoms with E-state index in [1.54, 1.807) is 64.2 Å². The molecule has 3 N–H and O–H groups in total. The third kappa shape index (κ3) is 6.45. The maximum absolute atomic E-state index is 13.8. The highest BCUT2D eigenvalue weighted by atomic mass is 19.1. The molecule has 46 heavy (non-hydrogen) atoms. The number of aromatic nitrogens is 2. The molecule has 0 saturated heterocycles. The number of amides is 1. The quantitative estimate of drug-likeness (QED) is 0.189. The van der Waals surface area contributed by atoms with E-state index in [-0.39, 0.29) is 49.5 Å². The number of nitrogens with one attached hydrogen (secondary N) is 1. The molecule has 2 aromatic heterocycles. The van der Waals surface area contributed by atoms with Gasteiger partial charge < -0.3 is 25.0 Å². The number of ether oxygens (including phenoxy) is 2. The van der Waals surface area contributed by atoms with Crippen molar-refractivity contribution in [1.82, 2.24) is 15.3 Å². The maximum Gasteiger partial charge on any atom is 0.234 e. The van der Waals surface area contributed by atoms with Crippen molar-refractivity contribution in [2.75, 3.05) is 13.2 Å². The van der Waals surface area contributed by atoms with Crippen LogP contribution in [-0.2, 0) is 15.8 Å². The number of carbonyl (C=O) groups is 2. The molecule has 1 aliphatic carbocycles. The summed E-state index contributed by atoms with van der Waals surface area (Å²) in [7, 11) is 0. The minimum atomic E-state index is -1.59. The fourth-order valence-corrected chi connectivity index (χ4v) is 5.55. The standard InChI is InChI=1S/C36H38FN3O6/c1-34(2,43)19-39-33(42)35(3)20-45-32-26(35)18-29(40-31(32)21-7-9-24(37)10-8-21)36(4,44)14-13-27(41)23-16-22-6-5-15-38-30(22)28(17-23)46-25-11-12-25/h5-10,15-18,25,43-44H,11-14,19-20H2,1-4H3,(H,39,42)/t35-,36-/m0/s1. The number of hydrogen-bond acceptors (Lipinski definition) is 8. The first-order chi connectivity index (χ1) is 21.7. The third-order valence-electron chi connectivity index (χ3n) is 8.57. The molecule has 1 fully saturated rings. The van der Waals surface area contributed by atoms with Gasteiger partial charge in [0.1, 0.15) is 46.1 Å². The minimum absolute atomic E-state index is 0.00205. The Morgan fingerprint density at radius 2 is 1.85 bits per heavy atom. The molecule has 6 rings (SSSR count). The lowest BCUT2D eigenvalue weighted by molar-refractivity contribution is -0.127. The first-order valence-electron chi connectivity index (χ1n) is 15.5. The SMILES string of the molecule is CC(C)(O)CNC(=O)[C@@]1(C)COc2c1cc([C@@](C)(O)CCC(=O)c1cc(OC3CC3)c3ncccc3c1)nc2-c1ccc(F)cc1. The molecule has 2 aromatic carbocycles. The Morgan fingerprint density at radius 1 is 1.11 bits per heavy atom. The predicted molar refractivity (Wildman–Crippen MR) is 170 cm³/mol. The predicted octanol–water partition coefficient (Wildman–Crippen LogP) is 5.38. The highest BCUT2D eigenvalue weighted by molar-refractivity contribution is 6.01. The highest BCUT2D eigenvalue weighted by Crippen LogP contribution is 2.46. The molecular formula is C36H38FN3O6. The Bertz CT molecular complexity index is 1810. The zero-order chi connectivity index (χ0) is 32.9. The van der Waals surface area contributed by atoms with E-state index in [9.17, 15) is 24.2 Å². The molecule has 1 saturated carbocycles. The smallest absolute Gasteiger partial charge is 0.234 e. The first kappa shape index (κ1) is 31.6. The molecule has 4 aromatic rings. The van der Waals surface area contributed by atoms with Crippen LogP contribution in [0.5, 0.6) is 11.5 Å². The molecule has 240 valence electrons. The van der Waals surface area contributed by atoms with Gasteiger partial charge in [-0.05, 0) is 95.5 Å². The molecule has 0 bridgehead atoms. The van der Waals surface area contributed by atoms with Crippen molar-refractivity contribution in [3.8, 4) is 22.8 Å². The number of Topliss-reactive ketones (excluding diaryl/α,β-unsaturated/α-hetero) is 1. The number of carbonyl (C=O) groups excluding carboxylic acids is 2. The van der Waals surface area contributed by atoms with Crippen molar-refractivity contribution in [1.29, 1.82) is 0 Å². The average Bonchev–Trinajstić information content (AvgIpc) is 3.78. The van der Waals surface area contributed by atoms with E-state index >= 15 is 0 Å². The van der Waals surface area contributed by atoms with Gasteiger partial charge in [-0.2, -0.15) is 0 Å². The van der Waals surface area contributed by atoms with Gasteiger partial charge in [-0.3, -0.25) is 14.6 Å². The lowest BCUT2D eigenvalue weighted by atomic mass is 9.81. The van der Waals surface area contributed by atoms with Crippen molar-refractivity contribution in [3.63, 3.8) is 0 Å². The van der Waals surface area contributed by atoms with Crippen molar-refractivity contribution in [2.24, 2.45) is 0 Å². The second-order valence-corrected chi connectivity index (χ2v) is 13.4. The summed E-state index contributed by atoms with van der Waals surface area (Å²) in [6.45, 7) is 6.52. The third-order valence-corrected chi connectivity index (χ3v) is 8.57. The van der Waals surface area contributed by atoms with E-state index in [0.29, 0.717) is 39.4 Å². The first-order valence-corrected chi connectivity index (χ1v) is 15.5. The number of nitrogens with zero attached hydrogens (tertiary/aromatic N) is 2. The van der Waals surface area contributed by atoms with Crippen molar-refractivity contribution in [2.45, 2.75) is 76.1 Å². The second kappa shape index (κ2) is 11.7. The van der Waals surface area contributed by atoms with Gasteiger partial charge >= 0.3 is 0 Å². The van der Waals surface area contributed by atoms with Crippen LogP contribution in [0.3, 0.4) is 0 Å². The summed E-state index contributed by atoms with van der Waals surface area (Å²) in [6.07, 6.45) is 3.79. The summed E-state index contributed by atoms with van der Waals surface area (Å²) in [6, 6.07) is 14.6. The Morgan fingerprint density at radius 3 is 2.54 bits per heavy atom. The van der Waals surface area contributed by atoms with Crippen LogP contribution in [0.25, 0.3) is 22.2 Å². The van der Waals surface area contributed by atoms with Crippen LogP contribution in [0.2, 0.25) is 0 Å². The average molecular weight is 628 g/mol. The molecule has 2 atom stereocenters. The second-order valence-electron chi connectivity index (χ2n) is 13.4. The summed E-state index contributed by atoms with van der Waals surface area (Å²) in [5.74, 6) is -0.0293. The summed E-state index contributed by atoms with van der Waals surface area (Å²) < 4.78 is 26.0. The molecule has 1 amide bonds. The molecule has 0 spiro atoms. The van der Waals surface area contributed by atoms with E-state index in [0.717, 1.165) is 18.2 Å². The minimum Gasteiger partial charge on any atom is -0.489 e. The molecule has 9 nitrogen and oxygen atoms in total. The Labute approximate surface area is 266 Å². The van der Waals surface area contributed by atoms with Crippen LogP contribution in [0.15, 0.2) is 60.8 Å². The van der Waals surface area contributed by atoms with Gasteiger partial charge in [-0.15, -0.1) is 0 Å². The van der Waals surface area contributed by atoms with E-state index in [1.807, 2.05) is 12.1 Å². The van der Waals surface area contributed by atoms with Crippen LogP contribution in [0, 0.1) is 5.82 Å². The monoisotopic (exact) mass is 627 g/mol. The lowest BCUT2D eigenvalue weighted by Crippen LogP contribution is -2.48. The van der Waals surface area contributed by atoms with Gasteiger partial charge in [0.2, 0.25) is 5.91 Å². The van der Waals surface area contributed by atoms with E-state index in [1.165, 1.54) is 12.1 Å². The fraction of sp³-hybridized carbons (Fsp3) is 0.389. The van der Waals surface area contributed by atoms with Gasteiger partial charge in [0, 0.05) is 41.2 Å². The topological polar surface area (TPSA) is 131 Å². The molecule has 0 unspecified atom stereocenters. The number of fused-ring (bicyclic) bond motifs is 2. The van der Waals surface area contributed by atoms with Crippen LogP contribution >= 0.6 is 0 Å². The van der Waals surface area contributed by atoms with Gasteiger partial charge in [0.15, 0.2) is 5.78 Å². The van der Waals surface area contributed by atoms with Crippen LogP contribution in [0.1, 0.15) is 75.0 Å². The lowest BCUT2D eigenvalue weighted by Gasteiger charge is -2.27. The van der Waals surface area contributed by atoms with Gasteiger partial charge in [-0.1, -0.05) is 6.07 Å². The van der Waals surface area contributed by atoms with Gasteiger partial charge in [0.05, 0.1) is 17.4 Å². The number of hydrogen-bond donors (Lipinski definition) is 3. The Kier molecular flexibility index (Phi) is 8.06. The maximum atomic E-state index is 13.8.